The molecule has 1 aliphatic heterocycles. The largest absolute Gasteiger partial charge is 0.480 e. The quantitative estimate of drug-likeness (QED) is 0.795. The molecule has 0 aromatic carbocycles. The fourth-order valence-corrected chi connectivity index (χ4v) is 3.76. The first-order valence-corrected chi connectivity index (χ1v) is 8.05. The second-order valence-electron chi connectivity index (χ2n) is 6.99. The highest BCUT2D eigenvalue weighted by Crippen LogP contribution is 2.32. The van der Waals surface area contributed by atoms with Crippen LogP contribution >= 0.6 is 0 Å². The Bertz CT molecular complexity index is 364. The van der Waals surface area contributed by atoms with Crippen molar-refractivity contribution in [3.63, 3.8) is 0 Å². The Morgan fingerprint density at radius 1 is 1.20 bits per heavy atom. The van der Waals surface area contributed by atoms with Gasteiger partial charge in [0.1, 0.15) is 5.54 Å². The van der Waals surface area contributed by atoms with E-state index in [2.05, 4.69) is 9.80 Å². The lowest BCUT2D eigenvalue weighted by atomic mass is 9.79. The average molecular weight is 281 g/mol. The molecule has 0 aromatic heterocycles. The van der Waals surface area contributed by atoms with Gasteiger partial charge in [-0.25, -0.2) is 0 Å². The smallest absolute Gasteiger partial charge is 0.323 e. The second-order valence-corrected chi connectivity index (χ2v) is 6.99. The van der Waals surface area contributed by atoms with Crippen LogP contribution in [0.3, 0.4) is 0 Å². The SMILES string of the molecule is NC1(C(=O)O)CCCC(N2CCN(CC3CC3)CC2)C1. The summed E-state index contributed by atoms with van der Waals surface area (Å²) in [4.78, 5) is 16.4. The summed E-state index contributed by atoms with van der Waals surface area (Å²) in [7, 11) is 0. The monoisotopic (exact) mass is 281 g/mol. The summed E-state index contributed by atoms with van der Waals surface area (Å²) in [5.74, 6) is 0.134. The minimum Gasteiger partial charge on any atom is -0.480 e. The highest BCUT2D eigenvalue weighted by atomic mass is 16.4. The number of carbonyl (C=O) groups is 1. The van der Waals surface area contributed by atoms with Gasteiger partial charge in [-0.1, -0.05) is 0 Å². The van der Waals surface area contributed by atoms with Crippen LogP contribution in [-0.4, -0.2) is 65.2 Å². The number of carboxylic acids is 1. The maximum atomic E-state index is 11.3. The molecule has 5 heteroatoms. The van der Waals surface area contributed by atoms with Gasteiger partial charge in [0.15, 0.2) is 0 Å². The van der Waals surface area contributed by atoms with Gasteiger partial charge in [0.05, 0.1) is 0 Å². The highest BCUT2D eigenvalue weighted by Gasteiger charge is 2.41. The Labute approximate surface area is 121 Å². The van der Waals surface area contributed by atoms with E-state index in [1.54, 1.807) is 0 Å². The Kier molecular flexibility index (Phi) is 4.02. The van der Waals surface area contributed by atoms with E-state index in [0.717, 1.165) is 44.9 Å². The van der Waals surface area contributed by atoms with Gasteiger partial charge < -0.3 is 15.7 Å². The summed E-state index contributed by atoms with van der Waals surface area (Å²) in [6.07, 6.45) is 6.12. The van der Waals surface area contributed by atoms with E-state index in [1.165, 1.54) is 19.4 Å². The van der Waals surface area contributed by atoms with Crippen molar-refractivity contribution < 1.29 is 9.90 Å². The van der Waals surface area contributed by atoms with Crippen LogP contribution in [0.25, 0.3) is 0 Å². The highest BCUT2D eigenvalue weighted by molar-refractivity contribution is 5.78. The topological polar surface area (TPSA) is 69.8 Å². The molecule has 3 N–H and O–H groups in total. The molecule has 20 heavy (non-hydrogen) atoms. The van der Waals surface area contributed by atoms with Crippen LogP contribution in [0.2, 0.25) is 0 Å². The summed E-state index contributed by atoms with van der Waals surface area (Å²) < 4.78 is 0. The molecule has 0 radical (unpaired) electrons. The Morgan fingerprint density at radius 3 is 2.50 bits per heavy atom. The van der Waals surface area contributed by atoms with Crippen LogP contribution in [0.15, 0.2) is 0 Å². The number of carboxylic acid groups (broad SMARTS) is 1. The molecule has 0 amide bonds. The predicted molar refractivity (Wildman–Crippen MR) is 77.5 cm³/mol. The van der Waals surface area contributed by atoms with E-state index in [0.29, 0.717) is 18.9 Å². The maximum absolute atomic E-state index is 11.3. The van der Waals surface area contributed by atoms with Crippen LogP contribution in [0.5, 0.6) is 0 Å². The van der Waals surface area contributed by atoms with Crippen LogP contribution in [0, 0.1) is 5.92 Å². The zero-order chi connectivity index (χ0) is 14.2. The molecule has 1 heterocycles. The Morgan fingerprint density at radius 2 is 1.90 bits per heavy atom. The van der Waals surface area contributed by atoms with Gasteiger partial charge in [0, 0.05) is 38.8 Å². The fraction of sp³-hybridized carbons (Fsp3) is 0.933. The molecule has 3 rings (SSSR count). The average Bonchev–Trinajstić information content (AvgIpc) is 3.23. The van der Waals surface area contributed by atoms with Gasteiger partial charge in [0.25, 0.3) is 0 Å². The number of hydrogen-bond donors (Lipinski definition) is 2. The molecule has 0 aromatic rings. The summed E-state index contributed by atoms with van der Waals surface area (Å²) in [6.45, 7) is 5.70. The molecule has 2 unspecified atom stereocenters. The van der Waals surface area contributed by atoms with E-state index in [9.17, 15) is 9.90 Å². The van der Waals surface area contributed by atoms with E-state index in [4.69, 9.17) is 5.73 Å². The molecule has 1 saturated heterocycles. The lowest BCUT2D eigenvalue weighted by Gasteiger charge is -2.44. The van der Waals surface area contributed by atoms with Gasteiger partial charge in [-0.05, 0) is 44.4 Å². The first-order chi connectivity index (χ1) is 9.57. The van der Waals surface area contributed by atoms with Crippen LogP contribution in [0.1, 0.15) is 38.5 Å². The molecule has 2 saturated carbocycles. The van der Waals surface area contributed by atoms with Gasteiger partial charge in [-0.3, -0.25) is 9.69 Å². The minimum atomic E-state index is -0.992. The summed E-state index contributed by atoms with van der Waals surface area (Å²) in [6, 6.07) is 0.368. The predicted octanol–water partition coefficient (Wildman–Crippen LogP) is 0.739. The third kappa shape index (κ3) is 3.15. The lowest BCUT2D eigenvalue weighted by Crippen LogP contribution is -2.58. The third-order valence-electron chi connectivity index (χ3n) is 5.32. The molecular weight excluding hydrogens is 254 g/mol. The lowest BCUT2D eigenvalue weighted by molar-refractivity contribution is -0.145. The first-order valence-electron chi connectivity index (χ1n) is 8.05. The van der Waals surface area contributed by atoms with Gasteiger partial charge >= 0.3 is 5.97 Å². The number of hydrogen-bond acceptors (Lipinski definition) is 4. The van der Waals surface area contributed by atoms with Crippen LogP contribution in [-0.2, 0) is 4.79 Å². The van der Waals surface area contributed by atoms with E-state index >= 15 is 0 Å². The molecule has 0 spiro atoms. The second kappa shape index (κ2) is 5.62. The molecular formula is C15H27N3O2. The van der Waals surface area contributed by atoms with Crippen molar-refractivity contribution in [1.82, 2.24) is 9.80 Å². The van der Waals surface area contributed by atoms with E-state index in [1.807, 2.05) is 0 Å². The van der Waals surface area contributed by atoms with Gasteiger partial charge in [-0.15, -0.1) is 0 Å². The number of piperazine rings is 1. The Balaban J connectivity index is 1.50. The molecule has 0 bridgehead atoms. The molecule has 114 valence electrons. The first kappa shape index (κ1) is 14.3. The van der Waals surface area contributed by atoms with Gasteiger partial charge in [-0.2, -0.15) is 0 Å². The van der Waals surface area contributed by atoms with Crippen LogP contribution < -0.4 is 5.73 Å². The normalized spacial score (nSPS) is 37.0. The number of aliphatic carboxylic acids is 1. The molecule has 2 atom stereocenters. The number of rotatable bonds is 4. The van der Waals surface area contributed by atoms with Crippen molar-refractivity contribution in [1.29, 1.82) is 0 Å². The third-order valence-corrected chi connectivity index (χ3v) is 5.32. The van der Waals surface area contributed by atoms with E-state index < -0.39 is 11.5 Å². The van der Waals surface area contributed by atoms with E-state index in [-0.39, 0.29) is 0 Å². The minimum absolute atomic E-state index is 0.368. The molecule has 2 aliphatic carbocycles. The van der Waals surface area contributed by atoms with Crippen molar-refractivity contribution in [2.75, 3.05) is 32.7 Å². The van der Waals surface area contributed by atoms with Crippen molar-refractivity contribution in [2.45, 2.75) is 50.1 Å². The molecule has 5 nitrogen and oxygen atoms in total. The fourth-order valence-electron chi connectivity index (χ4n) is 3.76. The number of nitrogens with two attached hydrogens (primary N) is 1. The summed E-state index contributed by atoms with van der Waals surface area (Å²) >= 11 is 0. The zero-order valence-corrected chi connectivity index (χ0v) is 12.3. The summed E-state index contributed by atoms with van der Waals surface area (Å²) in [5, 5.41) is 9.31. The van der Waals surface area contributed by atoms with Crippen LogP contribution in [0.4, 0.5) is 0 Å². The van der Waals surface area contributed by atoms with Crippen molar-refractivity contribution >= 4 is 5.97 Å². The molecule has 3 fully saturated rings. The Hall–Kier alpha value is -0.650. The maximum Gasteiger partial charge on any atom is 0.323 e. The number of nitrogens with zero attached hydrogens (tertiary/aromatic N) is 2. The molecule has 3 aliphatic rings. The zero-order valence-electron chi connectivity index (χ0n) is 12.3. The van der Waals surface area contributed by atoms with Crippen molar-refractivity contribution in [2.24, 2.45) is 11.7 Å². The van der Waals surface area contributed by atoms with Gasteiger partial charge in [0.2, 0.25) is 0 Å². The van der Waals surface area contributed by atoms with Crippen molar-refractivity contribution in [3.8, 4) is 0 Å². The van der Waals surface area contributed by atoms with Crippen molar-refractivity contribution in [3.05, 3.63) is 0 Å². The standard InChI is InChI=1S/C15H27N3O2/c16-15(14(19)20)5-1-2-13(10-15)18-8-6-17(7-9-18)11-12-3-4-12/h12-13H,1-11,16H2,(H,19,20). The summed E-state index contributed by atoms with van der Waals surface area (Å²) in [5.41, 5.74) is 5.07.